The number of hydrogen-bond acceptors (Lipinski definition) is 6. The second-order valence-electron chi connectivity index (χ2n) is 16.2. The van der Waals surface area contributed by atoms with Crippen LogP contribution >= 0.6 is 0 Å². The van der Waals surface area contributed by atoms with E-state index in [0.29, 0.717) is 44.5 Å². The predicted molar refractivity (Wildman–Crippen MR) is 282 cm³/mol. The smallest absolute Gasteiger partial charge is 0.193 e. The van der Waals surface area contributed by atoms with E-state index >= 15 is 0 Å². The lowest BCUT2D eigenvalue weighted by Crippen LogP contribution is -2.12. The molecule has 0 radical (unpaired) electrons. The number of carbonyl (C=O) groups excluding carboxylic acids is 4. The summed E-state index contributed by atoms with van der Waals surface area (Å²) in [6, 6.07) is 87.5. The Bertz CT molecular complexity index is 3040. The maximum atomic E-state index is 13.5. The van der Waals surface area contributed by atoms with Gasteiger partial charge in [-0.1, -0.05) is 182 Å². The molecule has 0 bridgehead atoms. The van der Waals surface area contributed by atoms with E-state index < -0.39 is 0 Å². The molecule has 0 atom stereocenters. The van der Waals surface area contributed by atoms with Crippen molar-refractivity contribution in [3.05, 3.63) is 324 Å². The van der Waals surface area contributed by atoms with Crippen LogP contribution in [0.25, 0.3) is 0 Å². The summed E-state index contributed by atoms with van der Waals surface area (Å²) in [5.41, 5.74) is 9.77. The van der Waals surface area contributed by atoms with E-state index in [-0.39, 0.29) is 23.1 Å². The zero-order valence-corrected chi connectivity index (χ0v) is 38.1. The highest BCUT2D eigenvalue weighted by Crippen LogP contribution is 2.36. The fraction of sp³-hybridized carbons (Fsp3) is 0. The van der Waals surface area contributed by atoms with Gasteiger partial charge in [-0.2, -0.15) is 0 Å². The lowest BCUT2D eigenvalue weighted by Gasteiger charge is -2.25. The van der Waals surface area contributed by atoms with Gasteiger partial charge in [0.1, 0.15) is 0 Å². The summed E-state index contributed by atoms with van der Waals surface area (Å²) in [7, 11) is 0. The van der Waals surface area contributed by atoms with E-state index in [9.17, 15) is 19.2 Å². The Kier molecular flexibility index (Phi) is 14.2. The molecule has 0 N–H and O–H groups in total. The maximum Gasteiger partial charge on any atom is 0.193 e. The van der Waals surface area contributed by atoms with Crippen LogP contribution in [0.1, 0.15) is 63.7 Å². The topological polar surface area (TPSA) is 74.8 Å². The number of anilines is 6. The van der Waals surface area contributed by atoms with Crippen molar-refractivity contribution < 1.29 is 19.2 Å². The summed E-state index contributed by atoms with van der Waals surface area (Å²) in [6.07, 6.45) is 0. The Morgan fingerprint density at radius 2 is 0.357 bits per heavy atom. The van der Waals surface area contributed by atoms with Gasteiger partial charge in [-0.15, -0.1) is 0 Å². The average molecular weight is 907 g/mol. The molecule has 6 heteroatoms. The van der Waals surface area contributed by atoms with Gasteiger partial charge in [0.2, 0.25) is 0 Å². The summed E-state index contributed by atoms with van der Waals surface area (Å²) < 4.78 is 0. The van der Waals surface area contributed by atoms with Gasteiger partial charge in [-0.05, 0) is 97.1 Å². The third-order valence-corrected chi connectivity index (χ3v) is 11.7. The molecular weight excluding hydrogens is 861 g/mol. The Labute approximate surface area is 408 Å². The van der Waals surface area contributed by atoms with Crippen LogP contribution in [0.4, 0.5) is 34.1 Å². The van der Waals surface area contributed by atoms with Crippen LogP contribution in [0.2, 0.25) is 0 Å². The molecule has 0 aliphatic heterocycles. The zero-order valence-electron chi connectivity index (χ0n) is 38.1. The largest absolute Gasteiger partial charge is 0.311 e. The first-order valence-electron chi connectivity index (χ1n) is 22.9. The Morgan fingerprint density at radius 1 is 0.186 bits per heavy atom. The van der Waals surface area contributed by atoms with Crippen LogP contribution in [0, 0.1) is 0 Å². The monoisotopic (exact) mass is 906 g/mol. The highest BCUT2D eigenvalue weighted by molar-refractivity contribution is 6.20. The van der Waals surface area contributed by atoms with Gasteiger partial charge in [0.05, 0.1) is 0 Å². The molecule has 6 nitrogen and oxygen atoms in total. The molecule has 70 heavy (non-hydrogen) atoms. The standard InChI is InChI=1S/2C32H23NO2/c2*34-31(24-12-4-1-5-13-24)29-18-10-11-19-30(29)32(35)25-20-22-28(23-21-25)33(26-14-6-2-7-15-26)27-16-8-3-9-17-27/h2*1-23H. The number of rotatable bonds is 14. The van der Waals surface area contributed by atoms with E-state index in [1.54, 1.807) is 72.8 Å². The quantitative estimate of drug-likeness (QED) is 0.101. The van der Waals surface area contributed by atoms with Crippen molar-refractivity contribution in [3.8, 4) is 0 Å². The molecule has 0 unspecified atom stereocenters. The summed E-state index contributed by atoms with van der Waals surface area (Å²) in [4.78, 5) is 57.4. The van der Waals surface area contributed by atoms with Gasteiger partial charge in [0, 0.05) is 78.6 Å². The number of hydrogen-bond donors (Lipinski definition) is 0. The second-order valence-corrected chi connectivity index (χ2v) is 16.2. The minimum absolute atomic E-state index is 0.162. The molecule has 0 aliphatic carbocycles. The summed E-state index contributed by atoms with van der Waals surface area (Å²) in [5.74, 6) is -0.680. The Balaban J connectivity index is 0.000000174. The van der Waals surface area contributed by atoms with Crippen molar-refractivity contribution in [3.63, 3.8) is 0 Å². The van der Waals surface area contributed by atoms with Crippen molar-refractivity contribution in [1.29, 1.82) is 0 Å². The van der Waals surface area contributed by atoms with Crippen LogP contribution in [0.3, 0.4) is 0 Å². The molecule has 0 amide bonds. The molecule has 10 aromatic carbocycles. The molecular formula is C64H46N2O4. The minimum Gasteiger partial charge on any atom is -0.311 e. The fourth-order valence-electron chi connectivity index (χ4n) is 8.29. The number of ketones is 4. The summed E-state index contributed by atoms with van der Waals surface area (Å²) in [6.45, 7) is 0. The molecule has 0 saturated heterocycles. The van der Waals surface area contributed by atoms with Crippen LogP contribution in [0.15, 0.2) is 279 Å². The molecule has 0 aliphatic rings. The van der Waals surface area contributed by atoms with Crippen molar-refractivity contribution in [1.82, 2.24) is 0 Å². The van der Waals surface area contributed by atoms with Gasteiger partial charge in [-0.25, -0.2) is 0 Å². The van der Waals surface area contributed by atoms with Gasteiger partial charge in [-0.3, -0.25) is 19.2 Å². The van der Waals surface area contributed by atoms with Gasteiger partial charge >= 0.3 is 0 Å². The predicted octanol–water partition coefficient (Wildman–Crippen LogP) is 15.2. The number of nitrogens with zero attached hydrogens (tertiary/aromatic N) is 2. The molecule has 0 saturated carbocycles. The third-order valence-electron chi connectivity index (χ3n) is 11.7. The number of carbonyl (C=O) groups is 4. The van der Waals surface area contributed by atoms with E-state index in [1.165, 1.54) is 0 Å². The normalized spacial score (nSPS) is 10.5. The fourth-order valence-corrected chi connectivity index (χ4v) is 8.29. The van der Waals surface area contributed by atoms with E-state index in [4.69, 9.17) is 0 Å². The van der Waals surface area contributed by atoms with Gasteiger partial charge in [0.15, 0.2) is 23.1 Å². The first-order valence-corrected chi connectivity index (χ1v) is 22.9. The lowest BCUT2D eigenvalue weighted by atomic mass is 9.93. The van der Waals surface area contributed by atoms with Crippen molar-refractivity contribution >= 4 is 57.3 Å². The van der Waals surface area contributed by atoms with Crippen LogP contribution < -0.4 is 9.80 Å². The second kappa shape index (κ2) is 21.9. The Hall–Kier alpha value is -9.52. The maximum absolute atomic E-state index is 13.5. The molecule has 10 aromatic rings. The lowest BCUT2D eigenvalue weighted by molar-refractivity contribution is 0.100. The van der Waals surface area contributed by atoms with E-state index in [2.05, 4.69) is 58.3 Å². The highest BCUT2D eigenvalue weighted by atomic mass is 16.1. The first-order chi connectivity index (χ1) is 34.4. The van der Waals surface area contributed by atoms with E-state index in [0.717, 1.165) is 34.1 Å². The van der Waals surface area contributed by atoms with Gasteiger partial charge < -0.3 is 9.80 Å². The zero-order chi connectivity index (χ0) is 48.1. The Morgan fingerprint density at radius 3 is 0.586 bits per heavy atom. The van der Waals surface area contributed by atoms with Gasteiger partial charge in [0.25, 0.3) is 0 Å². The van der Waals surface area contributed by atoms with Crippen LogP contribution in [-0.2, 0) is 0 Å². The molecule has 0 fully saturated rings. The van der Waals surface area contributed by atoms with Crippen LogP contribution in [-0.4, -0.2) is 23.1 Å². The molecule has 0 spiro atoms. The molecule has 0 heterocycles. The first kappa shape index (κ1) is 45.6. The third kappa shape index (κ3) is 10.4. The molecule has 0 aromatic heterocycles. The van der Waals surface area contributed by atoms with Crippen LogP contribution in [0.5, 0.6) is 0 Å². The summed E-state index contributed by atoms with van der Waals surface area (Å²) in [5, 5.41) is 0. The van der Waals surface area contributed by atoms with Crippen molar-refractivity contribution in [2.24, 2.45) is 0 Å². The van der Waals surface area contributed by atoms with Crippen molar-refractivity contribution in [2.45, 2.75) is 0 Å². The minimum atomic E-state index is -0.178. The average Bonchev–Trinajstić information content (AvgIpc) is 3.44. The molecule has 336 valence electrons. The highest BCUT2D eigenvalue weighted by Gasteiger charge is 2.22. The van der Waals surface area contributed by atoms with Crippen molar-refractivity contribution in [2.75, 3.05) is 9.80 Å². The number of para-hydroxylation sites is 4. The van der Waals surface area contributed by atoms with E-state index in [1.807, 2.05) is 158 Å². The molecule has 10 rings (SSSR count). The SMILES string of the molecule is O=C(c1ccccc1)c1ccccc1C(=O)c1ccc(N(c2ccccc2)c2ccccc2)cc1.O=C(c1ccccc1)c1ccccc1C(=O)c1ccc(N(c2ccccc2)c2ccccc2)cc1. The number of benzene rings is 10. The summed E-state index contributed by atoms with van der Waals surface area (Å²) >= 11 is 0.